The van der Waals surface area contributed by atoms with E-state index in [-0.39, 0.29) is 6.04 Å². The maximum Gasteiger partial charge on any atom is 0.229 e. The van der Waals surface area contributed by atoms with Gasteiger partial charge in [0, 0.05) is 49.0 Å². The fourth-order valence-corrected chi connectivity index (χ4v) is 4.67. The Hall–Kier alpha value is -3.52. The van der Waals surface area contributed by atoms with E-state index in [1.807, 2.05) is 28.9 Å². The number of anilines is 2. The second-order valence-electron chi connectivity index (χ2n) is 8.32. The molecule has 2 aliphatic rings. The molecule has 1 aromatic carbocycles. The Bertz CT molecular complexity index is 1220. The van der Waals surface area contributed by atoms with Crippen molar-refractivity contribution in [3.63, 3.8) is 0 Å². The van der Waals surface area contributed by atoms with Crippen LogP contribution in [0.5, 0.6) is 0 Å². The van der Waals surface area contributed by atoms with Crippen molar-refractivity contribution in [1.82, 2.24) is 29.9 Å². The van der Waals surface area contributed by atoms with E-state index in [2.05, 4.69) is 67.9 Å². The Morgan fingerprint density at radius 2 is 2.03 bits per heavy atom. The van der Waals surface area contributed by atoms with Gasteiger partial charge in [0.2, 0.25) is 5.95 Å². The zero-order valence-electron chi connectivity index (χ0n) is 17.3. The molecule has 0 spiro atoms. The van der Waals surface area contributed by atoms with E-state index in [0.29, 0.717) is 12.1 Å². The van der Waals surface area contributed by atoms with Gasteiger partial charge in [-0.2, -0.15) is 9.61 Å². The van der Waals surface area contributed by atoms with Gasteiger partial charge in [-0.25, -0.2) is 15.0 Å². The van der Waals surface area contributed by atoms with Crippen LogP contribution in [0.3, 0.4) is 0 Å². The predicted octanol–water partition coefficient (Wildman–Crippen LogP) is 2.91. The van der Waals surface area contributed by atoms with E-state index >= 15 is 0 Å². The fraction of sp³-hybridized carbons (Fsp3) is 0.304. The van der Waals surface area contributed by atoms with Crippen molar-refractivity contribution in [3.8, 4) is 11.3 Å². The molecule has 2 bridgehead atoms. The summed E-state index contributed by atoms with van der Waals surface area (Å²) < 4.78 is 1.85. The van der Waals surface area contributed by atoms with E-state index in [9.17, 15) is 0 Å². The van der Waals surface area contributed by atoms with Crippen LogP contribution in [-0.2, 0) is 0 Å². The topological polar surface area (TPSA) is 83.3 Å². The second kappa shape index (κ2) is 7.31. The van der Waals surface area contributed by atoms with Crippen LogP contribution in [0, 0.1) is 0 Å². The Kier molecular flexibility index (Phi) is 4.31. The molecule has 4 aromatic rings. The Morgan fingerprint density at radius 3 is 2.84 bits per heavy atom. The molecular formula is C23H24N8. The average Bonchev–Trinajstić information content (AvgIpc) is 3.56. The van der Waals surface area contributed by atoms with E-state index in [1.54, 1.807) is 6.33 Å². The van der Waals surface area contributed by atoms with Gasteiger partial charge in [0.1, 0.15) is 12.1 Å². The molecule has 2 fully saturated rings. The standard InChI is InChI=1S/C23H24N8/c1-15(16-5-3-2-4-6-16)28-21-9-17(7-8-24-21)20-11-22-26-14-27-31(22)23(29-20)30-13-18-10-19(30)12-25-18/h2-9,11,14-15,18-19,25H,10,12-13H2,1H3,(H,24,28)/t15-,18-,19-/m0/s1. The molecule has 0 saturated carbocycles. The van der Waals surface area contributed by atoms with Gasteiger partial charge in [0.05, 0.1) is 5.69 Å². The summed E-state index contributed by atoms with van der Waals surface area (Å²) >= 11 is 0. The van der Waals surface area contributed by atoms with Crippen molar-refractivity contribution >= 4 is 17.4 Å². The van der Waals surface area contributed by atoms with Crippen LogP contribution >= 0.6 is 0 Å². The lowest BCUT2D eigenvalue weighted by Crippen LogP contribution is -2.44. The van der Waals surface area contributed by atoms with E-state index < -0.39 is 0 Å². The monoisotopic (exact) mass is 412 g/mol. The molecule has 2 N–H and O–H groups in total. The molecule has 2 saturated heterocycles. The van der Waals surface area contributed by atoms with Crippen LogP contribution in [0.4, 0.5) is 11.8 Å². The summed E-state index contributed by atoms with van der Waals surface area (Å²) in [6, 6.07) is 17.6. The smallest absolute Gasteiger partial charge is 0.229 e. The van der Waals surface area contributed by atoms with E-state index in [1.165, 1.54) is 5.56 Å². The minimum atomic E-state index is 0.152. The van der Waals surface area contributed by atoms with Crippen LogP contribution < -0.4 is 15.5 Å². The number of hydrogen-bond acceptors (Lipinski definition) is 7. The highest BCUT2D eigenvalue weighted by Gasteiger charge is 2.39. The highest BCUT2D eigenvalue weighted by atomic mass is 15.4. The van der Waals surface area contributed by atoms with Crippen molar-refractivity contribution in [2.24, 2.45) is 0 Å². The van der Waals surface area contributed by atoms with E-state index in [0.717, 1.165) is 48.2 Å². The van der Waals surface area contributed by atoms with Crippen LogP contribution in [0.1, 0.15) is 24.9 Å². The molecule has 6 rings (SSSR count). The first-order chi connectivity index (χ1) is 15.2. The summed E-state index contributed by atoms with van der Waals surface area (Å²) in [7, 11) is 0. The number of hydrogen-bond donors (Lipinski definition) is 2. The van der Waals surface area contributed by atoms with Crippen molar-refractivity contribution in [3.05, 3.63) is 66.6 Å². The summed E-state index contributed by atoms with van der Waals surface area (Å²) in [5.41, 5.74) is 3.91. The summed E-state index contributed by atoms with van der Waals surface area (Å²) in [5.74, 6) is 1.69. The highest BCUT2D eigenvalue weighted by Crippen LogP contribution is 2.31. The fourth-order valence-electron chi connectivity index (χ4n) is 4.67. The first kappa shape index (κ1) is 18.3. The lowest BCUT2D eigenvalue weighted by Gasteiger charge is -2.28. The lowest BCUT2D eigenvalue weighted by molar-refractivity contribution is 0.567. The van der Waals surface area contributed by atoms with Crippen LogP contribution in [0.15, 0.2) is 61.1 Å². The van der Waals surface area contributed by atoms with Gasteiger partial charge in [-0.15, -0.1) is 0 Å². The quantitative estimate of drug-likeness (QED) is 0.521. The first-order valence-electron chi connectivity index (χ1n) is 10.7. The summed E-state index contributed by atoms with van der Waals surface area (Å²) in [5, 5.41) is 11.5. The second-order valence-corrected chi connectivity index (χ2v) is 8.32. The van der Waals surface area contributed by atoms with Crippen molar-refractivity contribution < 1.29 is 0 Å². The molecule has 3 aromatic heterocycles. The summed E-state index contributed by atoms with van der Waals surface area (Å²) in [6.45, 7) is 4.08. The maximum atomic E-state index is 5.03. The molecule has 5 heterocycles. The Morgan fingerprint density at radius 1 is 1.13 bits per heavy atom. The molecule has 0 radical (unpaired) electrons. The zero-order valence-corrected chi connectivity index (χ0v) is 17.3. The number of pyridine rings is 1. The molecule has 8 nitrogen and oxygen atoms in total. The third-order valence-corrected chi connectivity index (χ3v) is 6.28. The molecule has 0 amide bonds. The molecule has 3 atom stereocenters. The molecule has 8 heteroatoms. The SMILES string of the molecule is C[C@H](Nc1cc(-c2cc3ncnn3c(N3C[C@@H]4C[C@H]3CN4)n2)ccn1)c1ccccc1. The van der Waals surface area contributed by atoms with Crippen LogP contribution in [0.2, 0.25) is 0 Å². The molecule has 31 heavy (non-hydrogen) atoms. The van der Waals surface area contributed by atoms with Gasteiger partial charge in [0.25, 0.3) is 0 Å². The number of fused-ring (bicyclic) bond motifs is 3. The van der Waals surface area contributed by atoms with Gasteiger partial charge in [-0.3, -0.25) is 0 Å². The molecule has 0 unspecified atom stereocenters. The van der Waals surface area contributed by atoms with E-state index in [4.69, 9.17) is 4.98 Å². The number of aromatic nitrogens is 5. The number of nitrogens with one attached hydrogen (secondary N) is 2. The molecular weight excluding hydrogens is 388 g/mol. The molecule has 2 aliphatic heterocycles. The van der Waals surface area contributed by atoms with Gasteiger partial charge in [-0.05, 0) is 31.0 Å². The van der Waals surface area contributed by atoms with Crippen LogP contribution in [0.25, 0.3) is 16.9 Å². The zero-order chi connectivity index (χ0) is 20.8. The van der Waals surface area contributed by atoms with Gasteiger partial charge >= 0.3 is 0 Å². The normalized spacial score (nSPS) is 21.0. The van der Waals surface area contributed by atoms with Gasteiger partial charge in [-0.1, -0.05) is 30.3 Å². The lowest BCUT2D eigenvalue weighted by atomic mass is 10.1. The highest BCUT2D eigenvalue weighted by molar-refractivity contribution is 5.68. The summed E-state index contributed by atoms with van der Waals surface area (Å²) in [4.78, 5) is 16.4. The third-order valence-electron chi connectivity index (χ3n) is 6.28. The molecule has 0 aliphatic carbocycles. The average molecular weight is 413 g/mol. The number of piperazine rings is 1. The molecule has 156 valence electrons. The Labute approximate surface area is 180 Å². The largest absolute Gasteiger partial charge is 0.364 e. The van der Waals surface area contributed by atoms with Crippen LogP contribution in [-0.4, -0.2) is 49.7 Å². The number of rotatable bonds is 5. The predicted molar refractivity (Wildman–Crippen MR) is 120 cm³/mol. The van der Waals surface area contributed by atoms with Crippen molar-refractivity contribution in [2.75, 3.05) is 23.3 Å². The summed E-state index contributed by atoms with van der Waals surface area (Å²) in [6.07, 6.45) is 4.58. The van der Waals surface area contributed by atoms with Gasteiger partial charge in [0.15, 0.2) is 5.65 Å². The van der Waals surface area contributed by atoms with Crippen molar-refractivity contribution in [2.45, 2.75) is 31.5 Å². The maximum absolute atomic E-state index is 5.03. The number of benzene rings is 1. The number of nitrogens with zero attached hydrogens (tertiary/aromatic N) is 6. The Balaban J connectivity index is 1.34. The minimum absolute atomic E-state index is 0.152. The first-order valence-corrected chi connectivity index (χ1v) is 10.7. The third kappa shape index (κ3) is 3.29. The van der Waals surface area contributed by atoms with Gasteiger partial charge < -0.3 is 15.5 Å². The van der Waals surface area contributed by atoms with Crippen molar-refractivity contribution in [1.29, 1.82) is 0 Å². The minimum Gasteiger partial charge on any atom is -0.364 e.